The van der Waals surface area contributed by atoms with Crippen LogP contribution in [0.2, 0.25) is 0 Å². The Morgan fingerprint density at radius 3 is 1.91 bits per heavy atom. The van der Waals surface area contributed by atoms with E-state index < -0.39 is 0 Å². The summed E-state index contributed by atoms with van der Waals surface area (Å²) in [6.07, 6.45) is 0. The summed E-state index contributed by atoms with van der Waals surface area (Å²) in [5, 5.41) is 8.85. The zero-order chi connectivity index (χ0) is 32.2. The van der Waals surface area contributed by atoms with E-state index in [4.69, 9.17) is 0 Å². The SMILES string of the molecule is [2H]c1c([2H])c(-c2cccc3cc4ccc5ccccc5c4cc23)c([2H])c([2H])c1-c1ccc2c(c1)C(C)(C)c1ccc3ccccc3c1-2. The summed E-state index contributed by atoms with van der Waals surface area (Å²) in [7, 11) is 0. The molecule has 0 atom stereocenters. The van der Waals surface area contributed by atoms with Gasteiger partial charge in [-0.3, -0.25) is 0 Å². The van der Waals surface area contributed by atoms with E-state index in [1.54, 1.807) is 0 Å². The van der Waals surface area contributed by atoms with Crippen LogP contribution in [0.5, 0.6) is 0 Å². The van der Waals surface area contributed by atoms with Gasteiger partial charge in [0.2, 0.25) is 0 Å². The Morgan fingerprint density at radius 2 is 1.07 bits per heavy atom. The number of fused-ring (bicyclic) bond motifs is 9. The van der Waals surface area contributed by atoms with Crippen molar-refractivity contribution >= 4 is 43.1 Å². The molecule has 0 aromatic heterocycles. The van der Waals surface area contributed by atoms with Crippen LogP contribution in [0.4, 0.5) is 0 Å². The molecule has 0 bridgehead atoms. The third-order valence-corrected chi connectivity index (χ3v) is 9.49. The first kappa shape index (κ1) is 20.6. The van der Waals surface area contributed by atoms with E-state index in [1.165, 1.54) is 21.9 Å². The summed E-state index contributed by atoms with van der Waals surface area (Å²) >= 11 is 0. The van der Waals surface area contributed by atoms with Crippen molar-refractivity contribution < 1.29 is 5.48 Å². The van der Waals surface area contributed by atoms with Crippen LogP contribution in [0.1, 0.15) is 30.5 Å². The molecule has 43 heavy (non-hydrogen) atoms. The van der Waals surface area contributed by atoms with Crippen molar-refractivity contribution in [2.24, 2.45) is 0 Å². The smallest absolute Gasteiger partial charge is 0.0616 e. The number of rotatable bonds is 2. The second-order valence-corrected chi connectivity index (χ2v) is 12.2. The van der Waals surface area contributed by atoms with Crippen molar-refractivity contribution in [3.05, 3.63) is 157 Å². The summed E-state index contributed by atoms with van der Waals surface area (Å²) < 4.78 is 37.0. The fourth-order valence-corrected chi connectivity index (χ4v) is 7.25. The second-order valence-electron chi connectivity index (χ2n) is 12.2. The Bertz CT molecular complexity index is 2620. The molecule has 1 aliphatic carbocycles. The Labute approximate surface area is 257 Å². The molecule has 0 amide bonds. The zero-order valence-corrected chi connectivity index (χ0v) is 24.0. The molecule has 8 aromatic carbocycles. The van der Waals surface area contributed by atoms with Gasteiger partial charge in [-0.15, -0.1) is 0 Å². The monoisotopic (exact) mass is 550 g/mol. The lowest BCUT2D eigenvalue weighted by molar-refractivity contribution is 0.661. The molecule has 0 aliphatic heterocycles. The fraction of sp³-hybridized carbons (Fsp3) is 0.0698. The van der Waals surface area contributed by atoms with Crippen LogP contribution in [-0.4, -0.2) is 0 Å². The van der Waals surface area contributed by atoms with Gasteiger partial charge in [0, 0.05) is 5.41 Å². The van der Waals surface area contributed by atoms with Crippen molar-refractivity contribution in [2.45, 2.75) is 19.3 Å². The number of hydrogen-bond acceptors (Lipinski definition) is 0. The molecular formula is C43H30. The largest absolute Gasteiger partial charge is 0.0629 e. The standard InChI is InChI=1S/C43H30/c1-43(2)40-23-21-29-9-4-6-12-36(29)42(40)37-22-20-31(25-41(37)43)27-14-16-30(17-15-27)35-13-7-10-32-24-33-19-18-28-8-3-5-11-34(28)39(33)26-38(32)35/h3-26H,1-2H3/i14D,15D,16D,17D. The molecule has 0 unspecified atom stereocenters. The highest BCUT2D eigenvalue weighted by atomic mass is 14.4. The van der Waals surface area contributed by atoms with Gasteiger partial charge >= 0.3 is 0 Å². The Hall–Kier alpha value is -5.20. The molecule has 0 nitrogen and oxygen atoms in total. The quantitative estimate of drug-likeness (QED) is 0.148. The Morgan fingerprint density at radius 1 is 0.419 bits per heavy atom. The summed E-state index contributed by atoms with van der Waals surface area (Å²) in [6, 6.07) is 41.7. The van der Waals surface area contributed by atoms with Gasteiger partial charge in [-0.25, -0.2) is 0 Å². The molecule has 9 rings (SSSR count). The van der Waals surface area contributed by atoms with Gasteiger partial charge in [-0.05, 0) is 106 Å². The van der Waals surface area contributed by atoms with E-state index in [0.29, 0.717) is 22.3 Å². The normalized spacial score (nSPS) is 14.8. The van der Waals surface area contributed by atoms with E-state index in [0.717, 1.165) is 43.4 Å². The van der Waals surface area contributed by atoms with Crippen LogP contribution in [0, 0.1) is 0 Å². The summed E-state index contributed by atoms with van der Waals surface area (Å²) in [4.78, 5) is 0. The van der Waals surface area contributed by atoms with E-state index >= 15 is 0 Å². The van der Waals surface area contributed by atoms with Crippen molar-refractivity contribution in [1.29, 1.82) is 0 Å². The molecule has 1 aliphatic rings. The van der Waals surface area contributed by atoms with E-state index in [1.807, 2.05) is 36.4 Å². The second kappa shape index (κ2) is 8.90. The molecule has 0 spiro atoms. The van der Waals surface area contributed by atoms with Crippen LogP contribution in [-0.2, 0) is 5.41 Å². The minimum atomic E-state index is -0.279. The van der Waals surface area contributed by atoms with Gasteiger partial charge in [0.15, 0.2) is 0 Å². The zero-order valence-electron chi connectivity index (χ0n) is 28.0. The molecule has 8 aromatic rings. The van der Waals surface area contributed by atoms with Gasteiger partial charge in [0.05, 0.1) is 5.48 Å². The Kier molecular flexibility index (Phi) is 4.27. The number of hydrogen-bond donors (Lipinski definition) is 0. The molecule has 0 heterocycles. The summed E-state index contributed by atoms with van der Waals surface area (Å²) in [6.45, 7) is 4.45. The average molecular weight is 551 g/mol. The van der Waals surface area contributed by atoms with E-state index in [-0.39, 0.29) is 29.6 Å². The van der Waals surface area contributed by atoms with Crippen LogP contribution in [0.25, 0.3) is 76.5 Å². The molecule has 0 saturated heterocycles. The topological polar surface area (TPSA) is 0 Å². The minimum absolute atomic E-state index is 0.0250. The maximum Gasteiger partial charge on any atom is 0.0629 e. The van der Waals surface area contributed by atoms with Crippen molar-refractivity contribution in [1.82, 2.24) is 0 Å². The van der Waals surface area contributed by atoms with Gasteiger partial charge in [0.1, 0.15) is 0 Å². The Balaban J connectivity index is 1.24. The predicted octanol–water partition coefficient (Wildman–Crippen LogP) is 11.9. The molecule has 202 valence electrons. The van der Waals surface area contributed by atoms with Crippen molar-refractivity contribution in [3.8, 4) is 33.4 Å². The van der Waals surface area contributed by atoms with Crippen molar-refractivity contribution in [2.75, 3.05) is 0 Å². The molecule has 0 N–H and O–H groups in total. The third kappa shape index (κ3) is 3.57. The van der Waals surface area contributed by atoms with Crippen LogP contribution in [0.15, 0.2) is 145 Å². The highest BCUT2D eigenvalue weighted by Crippen LogP contribution is 2.52. The summed E-state index contributed by atoms with van der Waals surface area (Å²) in [5.41, 5.74) is 6.58. The molecular weight excluding hydrogens is 516 g/mol. The average Bonchev–Trinajstić information content (AvgIpc) is 3.32. The van der Waals surface area contributed by atoms with Crippen LogP contribution in [0.3, 0.4) is 0 Å². The molecule has 0 radical (unpaired) electrons. The lowest BCUT2D eigenvalue weighted by Crippen LogP contribution is -2.15. The summed E-state index contributed by atoms with van der Waals surface area (Å²) in [5.74, 6) is 0. The highest BCUT2D eigenvalue weighted by Gasteiger charge is 2.36. The third-order valence-electron chi connectivity index (χ3n) is 9.49. The van der Waals surface area contributed by atoms with Gasteiger partial charge in [-0.2, -0.15) is 0 Å². The van der Waals surface area contributed by atoms with E-state index in [2.05, 4.69) is 98.8 Å². The maximum absolute atomic E-state index is 9.27. The predicted molar refractivity (Wildman–Crippen MR) is 185 cm³/mol. The highest BCUT2D eigenvalue weighted by molar-refractivity contribution is 6.14. The molecule has 0 saturated carbocycles. The van der Waals surface area contributed by atoms with Crippen LogP contribution < -0.4 is 0 Å². The first-order valence-corrected chi connectivity index (χ1v) is 14.9. The van der Waals surface area contributed by atoms with Crippen molar-refractivity contribution in [3.63, 3.8) is 0 Å². The maximum atomic E-state index is 9.27. The lowest BCUT2D eigenvalue weighted by Gasteiger charge is -2.22. The minimum Gasteiger partial charge on any atom is -0.0616 e. The fourth-order valence-electron chi connectivity index (χ4n) is 7.25. The molecule has 0 fully saturated rings. The lowest BCUT2D eigenvalue weighted by atomic mass is 9.81. The first-order valence-electron chi connectivity index (χ1n) is 16.9. The van der Waals surface area contributed by atoms with Gasteiger partial charge in [0.25, 0.3) is 0 Å². The first-order chi connectivity index (χ1) is 22.7. The van der Waals surface area contributed by atoms with Gasteiger partial charge in [-0.1, -0.05) is 141 Å². The van der Waals surface area contributed by atoms with Gasteiger partial charge < -0.3 is 0 Å². The van der Waals surface area contributed by atoms with Crippen LogP contribution >= 0.6 is 0 Å². The van der Waals surface area contributed by atoms with E-state index in [9.17, 15) is 5.48 Å². The molecule has 0 heteroatoms. The number of benzene rings is 8.